The van der Waals surface area contributed by atoms with Gasteiger partial charge in [-0.3, -0.25) is 4.79 Å². The number of methoxy groups -OCH3 is 1. The molecular weight excluding hydrogens is 278 g/mol. The summed E-state index contributed by atoms with van der Waals surface area (Å²) >= 11 is 0. The second-order valence-electron chi connectivity index (χ2n) is 5.29. The van der Waals surface area contributed by atoms with Crippen molar-refractivity contribution >= 4 is 5.91 Å². The van der Waals surface area contributed by atoms with E-state index in [4.69, 9.17) is 9.47 Å². The summed E-state index contributed by atoms with van der Waals surface area (Å²) in [5.41, 5.74) is 0.602. The van der Waals surface area contributed by atoms with Crippen molar-refractivity contribution in [3.63, 3.8) is 0 Å². The number of carbonyl (C=O) groups is 1. The number of carbonyl (C=O) groups excluding carboxylic acids is 1. The molecule has 1 atom stereocenters. The van der Waals surface area contributed by atoms with Crippen LogP contribution in [0.15, 0.2) is 54.6 Å². The summed E-state index contributed by atoms with van der Waals surface area (Å²) in [7, 11) is 1.58. The Hall–Kier alpha value is -2.49. The Morgan fingerprint density at radius 3 is 2.59 bits per heavy atom. The van der Waals surface area contributed by atoms with E-state index in [1.54, 1.807) is 19.2 Å². The lowest BCUT2D eigenvalue weighted by molar-refractivity contribution is 0.0769. The maximum absolute atomic E-state index is 12.6. The van der Waals surface area contributed by atoms with E-state index in [-0.39, 0.29) is 12.0 Å². The molecular formula is C18H19NO3. The van der Waals surface area contributed by atoms with Crippen LogP contribution in [0.2, 0.25) is 0 Å². The van der Waals surface area contributed by atoms with Crippen LogP contribution in [-0.2, 0) is 0 Å². The Morgan fingerprint density at radius 2 is 1.82 bits per heavy atom. The van der Waals surface area contributed by atoms with E-state index in [1.807, 2.05) is 47.4 Å². The number of hydrogen-bond acceptors (Lipinski definition) is 3. The molecule has 1 saturated heterocycles. The van der Waals surface area contributed by atoms with Gasteiger partial charge in [0.15, 0.2) is 0 Å². The molecule has 0 bridgehead atoms. The van der Waals surface area contributed by atoms with Crippen molar-refractivity contribution < 1.29 is 14.3 Å². The van der Waals surface area contributed by atoms with Gasteiger partial charge in [-0.2, -0.15) is 0 Å². The number of ether oxygens (including phenoxy) is 2. The number of benzene rings is 2. The van der Waals surface area contributed by atoms with Crippen LogP contribution in [0.25, 0.3) is 0 Å². The van der Waals surface area contributed by atoms with Crippen LogP contribution < -0.4 is 9.47 Å². The Bertz CT molecular complexity index is 642. The molecule has 114 valence electrons. The lowest BCUT2D eigenvalue weighted by Gasteiger charge is -2.18. The standard InChI is InChI=1S/C18H19NO3/c1-21-17-10-6-5-9-16(17)18(20)19-12-11-15(13-19)22-14-7-3-2-4-8-14/h2-10,15H,11-13H2,1H3. The molecule has 1 aliphatic heterocycles. The number of hydrogen-bond donors (Lipinski definition) is 0. The third-order valence-corrected chi connectivity index (χ3v) is 3.82. The molecule has 0 aliphatic carbocycles. The zero-order chi connectivity index (χ0) is 15.4. The summed E-state index contributed by atoms with van der Waals surface area (Å²) in [5.74, 6) is 1.45. The normalized spacial score (nSPS) is 17.3. The van der Waals surface area contributed by atoms with Gasteiger partial charge in [0.1, 0.15) is 17.6 Å². The SMILES string of the molecule is COc1ccccc1C(=O)N1CCC(Oc2ccccc2)C1. The number of rotatable bonds is 4. The molecule has 1 heterocycles. The molecule has 1 unspecified atom stereocenters. The molecule has 1 fully saturated rings. The van der Waals surface area contributed by atoms with Gasteiger partial charge in [0, 0.05) is 13.0 Å². The number of para-hydroxylation sites is 2. The molecule has 2 aromatic rings. The van der Waals surface area contributed by atoms with Gasteiger partial charge < -0.3 is 14.4 Å². The van der Waals surface area contributed by atoms with Gasteiger partial charge in [0.05, 0.1) is 19.2 Å². The van der Waals surface area contributed by atoms with Crippen molar-refractivity contribution in [2.75, 3.05) is 20.2 Å². The van der Waals surface area contributed by atoms with Gasteiger partial charge in [-0.15, -0.1) is 0 Å². The van der Waals surface area contributed by atoms with E-state index in [0.29, 0.717) is 24.4 Å². The van der Waals surface area contributed by atoms with Gasteiger partial charge in [-0.05, 0) is 24.3 Å². The first kappa shape index (κ1) is 14.4. The summed E-state index contributed by atoms with van der Waals surface area (Å²) in [6, 6.07) is 17.0. The van der Waals surface area contributed by atoms with Crippen LogP contribution in [0.1, 0.15) is 16.8 Å². The maximum Gasteiger partial charge on any atom is 0.257 e. The smallest absolute Gasteiger partial charge is 0.257 e. The predicted octanol–water partition coefficient (Wildman–Crippen LogP) is 2.99. The highest BCUT2D eigenvalue weighted by Crippen LogP contribution is 2.23. The highest BCUT2D eigenvalue weighted by Gasteiger charge is 2.29. The summed E-state index contributed by atoms with van der Waals surface area (Å²) in [6.07, 6.45) is 0.886. The molecule has 1 aliphatic rings. The summed E-state index contributed by atoms with van der Waals surface area (Å²) < 4.78 is 11.2. The van der Waals surface area contributed by atoms with Crippen LogP contribution in [0.5, 0.6) is 11.5 Å². The lowest BCUT2D eigenvalue weighted by Crippen LogP contribution is -2.31. The molecule has 4 nitrogen and oxygen atoms in total. The van der Waals surface area contributed by atoms with Crippen LogP contribution in [-0.4, -0.2) is 37.1 Å². The Kier molecular flexibility index (Phi) is 4.28. The highest BCUT2D eigenvalue weighted by atomic mass is 16.5. The Labute approximate surface area is 130 Å². The maximum atomic E-state index is 12.6. The van der Waals surface area contributed by atoms with Gasteiger partial charge >= 0.3 is 0 Å². The quantitative estimate of drug-likeness (QED) is 0.871. The van der Waals surface area contributed by atoms with Gasteiger partial charge in [-0.1, -0.05) is 30.3 Å². The minimum absolute atomic E-state index is 0.00314. The lowest BCUT2D eigenvalue weighted by atomic mass is 10.2. The molecule has 1 amide bonds. The van der Waals surface area contributed by atoms with Crippen molar-refractivity contribution in [3.05, 3.63) is 60.2 Å². The van der Waals surface area contributed by atoms with Crippen molar-refractivity contribution in [3.8, 4) is 11.5 Å². The molecule has 22 heavy (non-hydrogen) atoms. The fourth-order valence-electron chi connectivity index (χ4n) is 2.69. The average Bonchev–Trinajstić information content (AvgIpc) is 3.03. The van der Waals surface area contributed by atoms with Crippen LogP contribution in [0.3, 0.4) is 0 Å². The zero-order valence-electron chi connectivity index (χ0n) is 12.6. The monoisotopic (exact) mass is 297 g/mol. The molecule has 0 N–H and O–H groups in total. The second kappa shape index (κ2) is 6.52. The van der Waals surface area contributed by atoms with E-state index in [0.717, 1.165) is 12.2 Å². The van der Waals surface area contributed by atoms with E-state index in [2.05, 4.69) is 0 Å². The van der Waals surface area contributed by atoms with E-state index < -0.39 is 0 Å². The molecule has 0 saturated carbocycles. The van der Waals surface area contributed by atoms with Crippen LogP contribution in [0.4, 0.5) is 0 Å². The number of nitrogens with zero attached hydrogens (tertiary/aromatic N) is 1. The van der Waals surface area contributed by atoms with Crippen LogP contribution in [0, 0.1) is 0 Å². The van der Waals surface area contributed by atoms with Crippen molar-refractivity contribution in [2.24, 2.45) is 0 Å². The van der Waals surface area contributed by atoms with E-state index in [1.165, 1.54) is 0 Å². The number of amides is 1. The number of likely N-dealkylation sites (tertiary alicyclic amines) is 1. The Balaban J connectivity index is 1.66. The molecule has 0 radical (unpaired) electrons. The summed E-state index contributed by atoms with van der Waals surface area (Å²) in [4.78, 5) is 14.4. The second-order valence-corrected chi connectivity index (χ2v) is 5.29. The van der Waals surface area contributed by atoms with Crippen molar-refractivity contribution in [2.45, 2.75) is 12.5 Å². The largest absolute Gasteiger partial charge is 0.496 e. The summed E-state index contributed by atoms with van der Waals surface area (Å²) in [5, 5.41) is 0. The third kappa shape index (κ3) is 3.06. The zero-order valence-corrected chi connectivity index (χ0v) is 12.6. The first-order valence-electron chi connectivity index (χ1n) is 7.42. The van der Waals surface area contributed by atoms with Gasteiger partial charge in [-0.25, -0.2) is 0 Å². The summed E-state index contributed by atoms with van der Waals surface area (Å²) in [6.45, 7) is 1.31. The van der Waals surface area contributed by atoms with E-state index >= 15 is 0 Å². The van der Waals surface area contributed by atoms with Gasteiger partial charge in [0.2, 0.25) is 0 Å². The average molecular weight is 297 g/mol. The fraction of sp³-hybridized carbons (Fsp3) is 0.278. The molecule has 4 heteroatoms. The van der Waals surface area contributed by atoms with E-state index in [9.17, 15) is 4.79 Å². The molecule has 3 rings (SSSR count). The minimum atomic E-state index is -0.00314. The first-order chi connectivity index (χ1) is 10.8. The van der Waals surface area contributed by atoms with Crippen LogP contribution >= 0.6 is 0 Å². The van der Waals surface area contributed by atoms with Crippen molar-refractivity contribution in [1.29, 1.82) is 0 Å². The molecule has 0 aromatic heterocycles. The first-order valence-corrected chi connectivity index (χ1v) is 7.42. The molecule has 0 spiro atoms. The predicted molar refractivity (Wildman–Crippen MR) is 84.4 cm³/mol. The fourth-order valence-corrected chi connectivity index (χ4v) is 2.69. The minimum Gasteiger partial charge on any atom is -0.496 e. The van der Waals surface area contributed by atoms with Crippen molar-refractivity contribution in [1.82, 2.24) is 4.90 Å². The highest BCUT2D eigenvalue weighted by molar-refractivity contribution is 5.97. The molecule has 2 aromatic carbocycles. The topological polar surface area (TPSA) is 38.8 Å². The van der Waals surface area contributed by atoms with Gasteiger partial charge in [0.25, 0.3) is 5.91 Å². The Morgan fingerprint density at radius 1 is 1.09 bits per heavy atom. The third-order valence-electron chi connectivity index (χ3n) is 3.82.